The Labute approximate surface area is 62.3 Å². The van der Waals surface area contributed by atoms with Crippen LogP contribution in [0.1, 0.15) is 0 Å². The van der Waals surface area contributed by atoms with Gasteiger partial charge in [0.1, 0.15) is 0 Å². The fraction of sp³-hybridized carbons (Fsp3) is 0.400. The molecule has 0 bridgehead atoms. The summed E-state index contributed by atoms with van der Waals surface area (Å²) in [7, 11) is 0. The van der Waals surface area contributed by atoms with Crippen molar-refractivity contribution in [2.75, 3.05) is 0 Å². The van der Waals surface area contributed by atoms with Crippen molar-refractivity contribution < 1.29 is 31.9 Å². The predicted octanol–water partition coefficient (Wildman–Crippen LogP) is 1.58. The number of rotatable bonds is 0. The molecule has 0 fully saturated rings. The molecule has 0 heterocycles. The van der Waals surface area contributed by atoms with Crippen LogP contribution in [-0.2, 0) is 4.79 Å². The van der Waals surface area contributed by atoms with Gasteiger partial charge in [-0.15, -0.1) is 0 Å². The number of carbonyl (C=O) groups excluding carboxylic acids is 1. The molecule has 0 saturated carbocycles. The Hall–Kier alpha value is -1.14. The van der Waals surface area contributed by atoms with Crippen LogP contribution in [0.5, 0.6) is 0 Å². The monoisotopic (exact) mass is 188 g/mol. The van der Waals surface area contributed by atoms with Gasteiger partial charge in [0.05, 0.1) is 0 Å². The lowest BCUT2D eigenvalue weighted by molar-refractivity contribution is -0.190. The minimum absolute atomic E-state index is 2.48. The Balaban J connectivity index is 3.31. The van der Waals surface area contributed by atoms with Crippen LogP contribution in [0.25, 0.3) is 0 Å². The maximum absolute atomic E-state index is 12.1. The minimum Gasteiger partial charge on any atom is -0.504 e. The first-order chi connectivity index (χ1) is 5.23. The Morgan fingerprint density at radius 3 is 1.58 bits per heavy atom. The summed E-state index contributed by atoms with van der Waals surface area (Å²) in [6.45, 7) is 0. The molecular weight excluding hydrogens is 187 g/mol. The molecule has 1 aliphatic rings. The molecule has 0 aromatic heterocycles. The summed E-state index contributed by atoms with van der Waals surface area (Å²) < 4.78 is 60.4. The lowest BCUT2D eigenvalue weighted by atomic mass is 10.2. The molecule has 7 heteroatoms. The van der Waals surface area contributed by atoms with Crippen LogP contribution in [0.15, 0.2) is 11.6 Å². The first-order valence-electron chi connectivity index (χ1n) is 2.62. The normalized spacial score (nSPS) is 26.6. The number of carbonyl (C=O) groups is 1. The third kappa shape index (κ3) is 0.705. The van der Waals surface area contributed by atoms with Crippen molar-refractivity contribution in [2.45, 2.75) is 11.8 Å². The van der Waals surface area contributed by atoms with E-state index in [0.29, 0.717) is 0 Å². The zero-order valence-corrected chi connectivity index (χ0v) is 5.25. The van der Waals surface area contributed by atoms with E-state index in [0.717, 1.165) is 0 Å². The summed E-state index contributed by atoms with van der Waals surface area (Å²) in [5.41, 5.74) is 0. The van der Waals surface area contributed by atoms with Crippen LogP contribution in [0, 0.1) is 0 Å². The highest BCUT2D eigenvalue weighted by Crippen LogP contribution is 2.47. The van der Waals surface area contributed by atoms with Crippen molar-refractivity contribution in [3.63, 3.8) is 0 Å². The van der Waals surface area contributed by atoms with Crippen molar-refractivity contribution in [1.29, 1.82) is 0 Å². The number of aliphatic hydroxyl groups excluding tert-OH is 1. The molecule has 0 amide bonds. The number of ketones is 1. The van der Waals surface area contributed by atoms with E-state index in [4.69, 9.17) is 5.11 Å². The average Bonchev–Trinajstić information content (AvgIpc) is 2.05. The smallest absolute Gasteiger partial charge is 0.381 e. The maximum atomic E-state index is 12.1. The number of hydrogen-bond donors (Lipinski definition) is 1. The molecule has 2 nitrogen and oxygen atoms in total. The van der Waals surface area contributed by atoms with Gasteiger partial charge >= 0.3 is 11.8 Å². The molecule has 1 N–H and O–H groups in total. The molecule has 0 spiro atoms. The molecule has 0 aliphatic heterocycles. The molecule has 12 heavy (non-hydrogen) atoms. The third-order valence-electron chi connectivity index (χ3n) is 1.38. The van der Waals surface area contributed by atoms with Crippen LogP contribution in [0.2, 0.25) is 0 Å². The fourth-order valence-corrected chi connectivity index (χ4v) is 0.674. The second kappa shape index (κ2) is 1.96. The zero-order chi connectivity index (χ0) is 9.73. The molecule has 0 saturated heterocycles. The van der Waals surface area contributed by atoms with Crippen LogP contribution >= 0.6 is 0 Å². The lowest BCUT2D eigenvalue weighted by Gasteiger charge is -2.15. The van der Waals surface area contributed by atoms with Crippen LogP contribution in [0.4, 0.5) is 22.0 Å². The Bertz CT molecular complexity index is 280. The molecule has 0 aromatic carbocycles. The van der Waals surface area contributed by atoms with E-state index in [9.17, 15) is 26.7 Å². The summed E-state index contributed by atoms with van der Waals surface area (Å²) >= 11 is 0. The quantitative estimate of drug-likeness (QED) is 0.586. The van der Waals surface area contributed by atoms with Gasteiger partial charge in [-0.05, 0) is 0 Å². The molecule has 1 aliphatic carbocycles. The van der Waals surface area contributed by atoms with Gasteiger partial charge in [0.25, 0.3) is 5.78 Å². The fourth-order valence-electron chi connectivity index (χ4n) is 0.674. The Morgan fingerprint density at radius 1 is 1.08 bits per heavy atom. The van der Waals surface area contributed by atoms with Crippen molar-refractivity contribution in [3.05, 3.63) is 11.6 Å². The maximum Gasteiger partial charge on any atom is 0.381 e. The number of allylic oxidation sites excluding steroid dienone is 2. The SMILES string of the molecule is O=C1C(F)=C(O)C(F)(F)C1(F)F. The summed E-state index contributed by atoms with van der Waals surface area (Å²) in [4.78, 5) is 10.0. The number of Topliss-reactive ketones (excluding diaryl/α,β-unsaturated/α-hetero) is 1. The lowest BCUT2D eigenvalue weighted by Crippen LogP contribution is -2.42. The number of halogens is 5. The van der Waals surface area contributed by atoms with Crippen LogP contribution < -0.4 is 0 Å². The highest BCUT2D eigenvalue weighted by atomic mass is 19.3. The first-order valence-corrected chi connectivity index (χ1v) is 2.62. The van der Waals surface area contributed by atoms with Gasteiger partial charge in [0.15, 0.2) is 0 Å². The van der Waals surface area contributed by atoms with E-state index < -0.39 is 29.2 Å². The van der Waals surface area contributed by atoms with Crippen molar-refractivity contribution in [1.82, 2.24) is 0 Å². The average molecular weight is 188 g/mol. The van der Waals surface area contributed by atoms with Crippen molar-refractivity contribution in [3.8, 4) is 0 Å². The van der Waals surface area contributed by atoms with Gasteiger partial charge in [0, 0.05) is 0 Å². The van der Waals surface area contributed by atoms with Gasteiger partial charge < -0.3 is 5.11 Å². The molecule has 0 unspecified atom stereocenters. The number of hydrogen-bond acceptors (Lipinski definition) is 2. The van der Waals surface area contributed by atoms with E-state index in [2.05, 4.69) is 0 Å². The molecular formula is C5HF5O2. The Kier molecular flexibility index (Phi) is 1.46. The zero-order valence-electron chi connectivity index (χ0n) is 5.25. The molecule has 0 aromatic rings. The summed E-state index contributed by atoms with van der Waals surface area (Å²) in [6.07, 6.45) is 0. The number of aliphatic hydroxyl groups is 1. The summed E-state index contributed by atoms with van der Waals surface area (Å²) in [5.74, 6) is -18.0. The largest absolute Gasteiger partial charge is 0.504 e. The van der Waals surface area contributed by atoms with E-state index in [-0.39, 0.29) is 0 Å². The third-order valence-corrected chi connectivity index (χ3v) is 1.38. The first kappa shape index (κ1) is 8.95. The highest BCUT2D eigenvalue weighted by molar-refractivity contribution is 6.03. The molecule has 1 rings (SSSR count). The number of alkyl halides is 4. The highest BCUT2D eigenvalue weighted by Gasteiger charge is 2.72. The predicted molar refractivity (Wildman–Crippen MR) is 25.7 cm³/mol. The van der Waals surface area contributed by atoms with E-state index >= 15 is 0 Å². The standard InChI is InChI=1S/C5HF5O2/c6-1-2(11)4(7,8)5(9,10)3(1)12/h11H. The van der Waals surface area contributed by atoms with Crippen LogP contribution in [-0.4, -0.2) is 22.7 Å². The molecule has 0 atom stereocenters. The van der Waals surface area contributed by atoms with E-state index in [1.54, 1.807) is 0 Å². The van der Waals surface area contributed by atoms with Gasteiger partial charge in [0.2, 0.25) is 11.6 Å². The van der Waals surface area contributed by atoms with Gasteiger partial charge in [-0.1, -0.05) is 0 Å². The minimum atomic E-state index is -5.18. The summed E-state index contributed by atoms with van der Waals surface area (Å²) in [5, 5.41) is 8.09. The van der Waals surface area contributed by atoms with Gasteiger partial charge in [-0.2, -0.15) is 22.0 Å². The van der Waals surface area contributed by atoms with Gasteiger partial charge in [-0.25, -0.2) is 0 Å². The Morgan fingerprint density at radius 2 is 1.50 bits per heavy atom. The summed E-state index contributed by atoms with van der Waals surface area (Å²) in [6, 6.07) is 0. The second-order valence-corrected chi connectivity index (χ2v) is 2.14. The van der Waals surface area contributed by atoms with E-state index in [1.807, 2.05) is 0 Å². The van der Waals surface area contributed by atoms with E-state index in [1.165, 1.54) is 0 Å². The molecule has 0 radical (unpaired) electrons. The van der Waals surface area contributed by atoms with Crippen molar-refractivity contribution >= 4 is 5.78 Å². The molecule has 68 valence electrons. The van der Waals surface area contributed by atoms with Gasteiger partial charge in [-0.3, -0.25) is 4.79 Å². The van der Waals surface area contributed by atoms with Crippen LogP contribution in [0.3, 0.4) is 0 Å². The second-order valence-electron chi connectivity index (χ2n) is 2.14. The van der Waals surface area contributed by atoms with Crippen molar-refractivity contribution in [2.24, 2.45) is 0 Å². The topological polar surface area (TPSA) is 37.3 Å².